The molecule has 0 unspecified atom stereocenters. The number of rotatable bonds is 12. The molecule has 7 nitrogen and oxygen atoms in total. The third-order valence-electron chi connectivity index (χ3n) is 5.27. The fourth-order valence-corrected chi connectivity index (χ4v) is 4.28. The number of thioether (sulfide) groups is 1. The first-order chi connectivity index (χ1) is 16.7. The van der Waals surface area contributed by atoms with Gasteiger partial charge in [0.25, 0.3) is 0 Å². The van der Waals surface area contributed by atoms with Crippen molar-refractivity contribution in [3.8, 4) is 17.2 Å². The molecule has 9 heteroatoms. The Bertz CT molecular complexity index is 1170. The number of hydrogen-bond acceptors (Lipinski definition) is 7. The van der Waals surface area contributed by atoms with Crippen LogP contribution in [0.25, 0.3) is 5.69 Å². The maximum absolute atomic E-state index is 6.17. The molecule has 1 aromatic heterocycles. The molecule has 0 amide bonds. The summed E-state index contributed by atoms with van der Waals surface area (Å²) in [6, 6.07) is 24.3. The first-order valence-electron chi connectivity index (χ1n) is 11.3. The number of para-hydroxylation sites is 2. The SMILES string of the molecule is COc1cccc(CNCCCSc2nnnn2-c2ccccc2)c1OCc1ccc(C)cc1.Cl. The third kappa shape index (κ3) is 7.45. The molecule has 3 aromatic carbocycles. The molecule has 0 aliphatic rings. The molecular formula is C26H30ClN5O2S. The van der Waals surface area contributed by atoms with E-state index in [0.717, 1.165) is 52.2 Å². The van der Waals surface area contributed by atoms with E-state index in [1.807, 2.05) is 42.5 Å². The maximum Gasteiger partial charge on any atom is 0.214 e. The fraction of sp³-hybridized carbons (Fsp3) is 0.269. The number of benzene rings is 3. The van der Waals surface area contributed by atoms with Crippen LogP contribution in [-0.2, 0) is 13.2 Å². The van der Waals surface area contributed by atoms with Crippen LogP contribution in [0.2, 0.25) is 0 Å². The summed E-state index contributed by atoms with van der Waals surface area (Å²) in [7, 11) is 1.67. The van der Waals surface area contributed by atoms with Crippen molar-refractivity contribution in [1.29, 1.82) is 0 Å². The minimum atomic E-state index is 0. The smallest absolute Gasteiger partial charge is 0.214 e. The molecular weight excluding hydrogens is 482 g/mol. The Morgan fingerprint density at radius 2 is 1.77 bits per heavy atom. The van der Waals surface area contributed by atoms with Crippen molar-refractivity contribution in [2.75, 3.05) is 19.4 Å². The number of halogens is 1. The number of methoxy groups -OCH3 is 1. The largest absolute Gasteiger partial charge is 0.493 e. The highest BCUT2D eigenvalue weighted by molar-refractivity contribution is 7.99. The van der Waals surface area contributed by atoms with E-state index in [4.69, 9.17) is 9.47 Å². The van der Waals surface area contributed by atoms with Crippen LogP contribution >= 0.6 is 24.2 Å². The Morgan fingerprint density at radius 3 is 2.54 bits per heavy atom. The molecule has 0 aliphatic heterocycles. The van der Waals surface area contributed by atoms with E-state index in [-0.39, 0.29) is 12.4 Å². The molecule has 0 bridgehead atoms. The molecule has 1 N–H and O–H groups in total. The molecule has 184 valence electrons. The van der Waals surface area contributed by atoms with Crippen LogP contribution in [0.5, 0.6) is 11.5 Å². The van der Waals surface area contributed by atoms with Gasteiger partial charge in [0.05, 0.1) is 12.8 Å². The number of aryl methyl sites for hydroxylation is 1. The van der Waals surface area contributed by atoms with Crippen molar-refractivity contribution in [3.05, 3.63) is 89.5 Å². The molecule has 0 saturated heterocycles. The number of nitrogens with zero attached hydrogens (tertiary/aromatic N) is 4. The van der Waals surface area contributed by atoms with Gasteiger partial charge in [-0.05, 0) is 54.1 Å². The topological polar surface area (TPSA) is 74.1 Å². The van der Waals surface area contributed by atoms with Crippen LogP contribution < -0.4 is 14.8 Å². The Kier molecular flexibility index (Phi) is 10.4. The molecule has 0 atom stereocenters. The number of tetrazole rings is 1. The summed E-state index contributed by atoms with van der Waals surface area (Å²) < 4.78 is 13.5. The zero-order valence-corrected chi connectivity index (χ0v) is 21.5. The zero-order valence-electron chi connectivity index (χ0n) is 19.9. The van der Waals surface area contributed by atoms with Crippen molar-refractivity contribution in [2.24, 2.45) is 0 Å². The Hall–Kier alpha value is -3.07. The van der Waals surface area contributed by atoms with Crippen LogP contribution in [0.15, 0.2) is 78.0 Å². The molecule has 4 aromatic rings. The minimum Gasteiger partial charge on any atom is -0.493 e. The van der Waals surface area contributed by atoms with E-state index >= 15 is 0 Å². The number of hydrogen-bond donors (Lipinski definition) is 1. The highest BCUT2D eigenvalue weighted by Gasteiger charge is 2.11. The van der Waals surface area contributed by atoms with Gasteiger partial charge in [0.2, 0.25) is 5.16 Å². The summed E-state index contributed by atoms with van der Waals surface area (Å²) in [5.74, 6) is 2.44. The number of aromatic nitrogens is 4. The van der Waals surface area contributed by atoms with E-state index in [1.165, 1.54) is 5.56 Å². The average molecular weight is 512 g/mol. The molecule has 1 heterocycles. The summed E-state index contributed by atoms with van der Waals surface area (Å²) in [5.41, 5.74) is 4.40. The lowest BCUT2D eigenvalue weighted by atomic mass is 10.1. The Balaban J connectivity index is 0.00000342. The van der Waals surface area contributed by atoms with Crippen molar-refractivity contribution in [2.45, 2.75) is 31.7 Å². The zero-order chi connectivity index (χ0) is 23.6. The lowest BCUT2D eigenvalue weighted by Gasteiger charge is -2.16. The van der Waals surface area contributed by atoms with Gasteiger partial charge >= 0.3 is 0 Å². The molecule has 0 aliphatic carbocycles. The van der Waals surface area contributed by atoms with E-state index in [0.29, 0.717) is 13.2 Å². The maximum atomic E-state index is 6.17. The van der Waals surface area contributed by atoms with E-state index in [2.05, 4.69) is 58.1 Å². The molecule has 0 fully saturated rings. The van der Waals surface area contributed by atoms with E-state index in [1.54, 1.807) is 23.6 Å². The first-order valence-corrected chi connectivity index (χ1v) is 12.2. The van der Waals surface area contributed by atoms with Crippen LogP contribution in [0.1, 0.15) is 23.1 Å². The second kappa shape index (κ2) is 13.7. The van der Waals surface area contributed by atoms with Crippen molar-refractivity contribution < 1.29 is 9.47 Å². The van der Waals surface area contributed by atoms with Gasteiger partial charge in [0, 0.05) is 17.9 Å². The summed E-state index contributed by atoms with van der Waals surface area (Å²) >= 11 is 1.65. The van der Waals surface area contributed by atoms with Crippen molar-refractivity contribution >= 4 is 24.2 Å². The summed E-state index contributed by atoms with van der Waals surface area (Å²) in [5, 5.41) is 16.4. The first kappa shape index (κ1) is 26.5. The Labute approximate surface area is 216 Å². The standard InChI is InChI=1S/C26H29N5O2S.ClH/c1-20-12-14-21(15-13-20)19-33-25-22(8-6-11-24(25)32-2)18-27-16-7-17-34-26-28-29-30-31(26)23-9-4-3-5-10-23;/h3-6,8-15,27H,7,16-19H2,1-2H3;1H. The number of nitrogens with one attached hydrogen (secondary N) is 1. The van der Waals surface area contributed by atoms with Crippen LogP contribution in [0, 0.1) is 6.92 Å². The van der Waals surface area contributed by atoms with Crippen LogP contribution in [-0.4, -0.2) is 39.6 Å². The van der Waals surface area contributed by atoms with Gasteiger partial charge in [-0.3, -0.25) is 0 Å². The highest BCUT2D eigenvalue weighted by atomic mass is 35.5. The molecule has 0 saturated carbocycles. The van der Waals surface area contributed by atoms with Crippen molar-refractivity contribution in [1.82, 2.24) is 25.5 Å². The summed E-state index contributed by atoms with van der Waals surface area (Å²) in [6.45, 7) is 4.15. The van der Waals surface area contributed by atoms with Crippen LogP contribution in [0.3, 0.4) is 0 Å². The van der Waals surface area contributed by atoms with Gasteiger partial charge in [-0.1, -0.05) is 71.9 Å². The van der Waals surface area contributed by atoms with Gasteiger partial charge in [0.1, 0.15) is 6.61 Å². The highest BCUT2D eigenvalue weighted by Crippen LogP contribution is 2.32. The van der Waals surface area contributed by atoms with Crippen LogP contribution in [0.4, 0.5) is 0 Å². The van der Waals surface area contributed by atoms with Gasteiger partial charge in [0.15, 0.2) is 11.5 Å². The van der Waals surface area contributed by atoms with Gasteiger partial charge in [-0.25, -0.2) is 0 Å². The van der Waals surface area contributed by atoms with Gasteiger partial charge in [-0.15, -0.1) is 17.5 Å². The normalized spacial score (nSPS) is 10.6. The predicted molar refractivity (Wildman–Crippen MR) is 142 cm³/mol. The molecule has 4 rings (SSSR count). The lowest BCUT2D eigenvalue weighted by Crippen LogP contribution is -2.16. The molecule has 35 heavy (non-hydrogen) atoms. The third-order valence-corrected chi connectivity index (χ3v) is 6.28. The van der Waals surface area contributed by atoms with Gasteiger partial charge in [-0.2, -0.15) is 4.68 Å². The second-order valence-electron chi connectivity index (χ2n) is 7.81. The number of ether oxygens (including phenoxy) is 2. The average Bonchev–Trinajstić information content (AvgIpc) is 3.35. The Morgan fingerprint density at radius 1 is 0.971 bits per heavy atom. The van der Waals surface area contributed by atoms with Gasteiger partial charge < -0.3 is 14.8 Å². The predicted octanol–water partition coefficient (Wildman–Crippen LogP) is 5.25. The second-order valence-corrected chi connectivity index (χ2v) is 8.87. The van der Waals surface area contributed by atoms with E-state index in [9.17, 15) is 0 Å². The monoisotopic (exact) mass is 511 g/mol. The quantitative estimate of drug-likeness (QED) is 0.205. The molecule has 0 radical (unpaired) electrons. The van der Waals surface area contributed by atoms with E-state index < -0.39 is 0 Å². The lowest BCUT2D eigenvalue weighted by molar-refractivity contribution is 0.280. The minimum absolute atomic E-state index is 0. The summed E-state index contributed by atoms with van der Waals surface area (Å²) in [4.78, 5) is 0. The molecule has 0 spiro atoms. The summed E-state index contributed by atoms with van der Waals surface area (Å²) in [6.07, 6.45) is 0.982. The van der Waals surface area contributed by atoms with Crippen molar-refractivity contribution in [3.63, 3.8) is 0 Å². The fourth-order valence-electron chi connectivity index (χ4n) is 3.45.